The lowest BCUT2D eigenvalue weighted by Gasteiger charge is -2.33. The molecule has 1 aliphatic heterocycles. The monoisotopic (exact) mass is 411 g/mol. The Labute approximate surface area is 164 Å². The first-order chi connectivity index (χ1) is 13.3. The van der Waals surface area contributed by atoms with Crippen LogP contribution in [0.3, 0.4) is 0 Å². The third-order valence-corrected chi connectivity index (χ3v) is 5.04. The topological polar surface area (TPSA) is 83.9 Å². The maximum atomic E-state index is 13.7. The molecule has 0 unspecified atom stereocenters. The first-order valence-corrected chi connectivity index (χ1v) is 9.01. The molecule has 2 aliphatic rings. The van der Waals surface area contributed by atoms with Gasteiger partial charge in [0, 0.05) is 17.8 Å². The molecule has 1 atom stereocenters. The molecule has 1 aromatic rings. The van der Waals surface area contributed by atoms with E-state index >= 15 is 0 Å². The van der Waals surface area contributed by atoms with E-state index in [0.29, 0.717) is 0 Å². The molecule has 9 heteroatoms. The molecule has 3 rings (SSSR count). The number of nitrogens with zero attached hydrogens (tertiary/aromatic N) is 1. The van der Waals surface area contributed by atoms with Gasteiger partial charge in [0.15, 0.2) is 5.78 Å². The molecule has 6 nitrogen and oxygen atoms in total. The molecular formula is C20H20F3NO5. The smallest absolute Gasteiger partial charge is 0.430 e. The number of amides is 1. The molecule has 0 spiro atoms. The van der Waals surface area contributed by atoms with E-state index in [1.165, 1.54) is 24.3 Å². The number of carbonyl (C=O) groups is 3. The Morgan fingerprint density at radius 3 is 2.28 bits per heavy atom. The van der Waals surface area contributed by atoms with Gasteiger partial charge in [-0.25, -0.2) is 4.79 Å². The number of anilines is 1. The molecule has 0 bridgehead atoms. The highest BCUT2D eigenvalue weighted by molar-refractivity contribution is 6.18. The summed E-state index contributed by atoms with van der Waals surface area (Å²) in [6, 6.07) is 5.18. The van der Waals surface area contributed by atoms with E-state index in [1.807, 2.05) is 0 Å². The molecule has 0 aromatic heterocycles. The Morgan fingerprint density at radius 2 is 1.76 bits per heavy atom. The Kier molecular flexibility index (Phi) is 4.85. The van der Waals surface area contributed by atoms with Crippen molar-refractivity contribution in [3.05, 3.63) is 41.1 Å². The number of hydrogen-bond acceptors (Lipinski definition) is 5. The number of allylic oxidation sites excluding steroid dienone is 1. The second-order valence-corrected chi connectivity index (χ2v) is 7.88. The Bertz CT molecular complexity index is 917. The number of Topliss-reactive ketones (excluding diaryl/α,β-unsaturated/α-hetero) is 1. The van der Waals surface area contributed by atoms with Crippen molar-refractivity contribution in [2.24, 2.45) is 5.41 Å². The lowest BCUT2D eigenvalue weighted by Crippen LogP contribution is -2.55. The van der Waals surface area contributed by atoms with Gasteiger partial charge in [-0.1, -0.05) is 13.8 Å². The summed E-state index contributed by atoms with van der Waals surface area (Å²) < 4.78 is 46.0. The van der Waals surface area contributed by atoms with E-state index < -0.39 is 40.4 Å². The predicted octanol–water partition coefficient (Wildman–Crippen LogP) is 3.15. The van der Waals surface area contributed by atoms with Crippen LogP contribution in [0, 0.1) is 5.41 Å². The van der Waals surface area contributed by atoms with Gasteiger partial charge in [0.05, 0.1) is 17.7 Å². The minimum absolute atomic E-state index is 0.00215. The molecular weight excluding hydrogens is 391 g/mol. The molecule has 0 saturated heterocycles. The van der Waals surface area contributed by atoms with Crippen LogP contribution in [0.15, 0.2) is 35.5 Å². The second kappa shape index (κ2) is 6.69. The van der Waals surface area contributed by atoms with Gasteiger partial charge in [0.25, 0.3) is 11.5 Å². The summed E-state index contributed by atoms with van der Waals surface area (Å²) in [5, 5.41) is 10.4. The fraction of sp³-hybridized carbons (Fsp3) is 0.450. The number of carbonyl (C=O) groups excluding carboxylic acids is 3. The Hall–Kier alpha value is -2.68. The van der Waals surface area contributed by atoms with E-state index in [4.69, 9.17) is 4.74 Å². The van der Waals surface area contributed by atoms with Gasteiger partial charge in [0.1, 0.15) is 0 Å². The van der Waals surface area contributed by atoms with Gasteiger partial charge in [-0.3, -0.25) is 14.5 Å². The van der Waals surface area contributed by atoms with Crippen molar-refractivity contribution in [2.45, 2.75) is 45.4 Å². The van der Waals surface area contributed by atoms with Gasteiger partial charge in [-0.15, -0.1) is 0 Å². The van der Waals surface area contributed by atoms with Crippen molar-refractivity contribution in [3.8, 4) is 0 Å². The van der Waals surface area contributed by atoms with E-state index in [-0.39, 0.29) is 36.4 Å². The number of aliphatic hydroxyl groups is 1. The lowest BCUT2D eigenvalue weighted by atomic mass is 9.73. The Balaban J connectivity index is 2.13. The number of hydrogen-bond donors (Lipinski definition) is 1. The molecule has 1 amide bonds. The van der Waals surface area contributed by atoms with Crippen LogP contribution in [-0.2, 0) is 14.3 Å². The number of alkyl halides is 3. The van der Waals surface area contributed by atoms with Crippen molar-refractivity contribution in [2.75, 3.05) is 11.5 Å². The van der Waals surface area contributed by atoms with Crippen molar-refractivity contribution in [1.82, 2.24) is 0 Å². The summed E-state index contributed by atoms with van der Waals surface area (Å²) >= 11 is 0. The van der Waals surface area contributed by atoms with E-state index in [1.54, 1.807) is 20.8 Å². The summed E-state index contributed by atoms with van der Waals surface area (Å²) in [6.45, 7) is 5.18. The average Bonchev–Trinajstić information content (AvgIpc) is 2.82. The largest absolute Gasteiger partial charge is 0.462 e. The molecule has 0 fully saturated rings. The normalized spacial score (nSPS) is 24.0. The average molecular weight is 411 g/mol. The van der Waals surface area contributed by atoms with Gasteiger partial charge in [0.2, 0.25) is 0 Å². The summed E-state index contributed by atoms with van der Waals surface area (Å²) in [5.74, 6) is -3.17. The minimum atomic E-state index is -5.36. The number of esters is 1. The zero-order valence-electron chi connectivity index (χ0n) is 16.1. The van der Waals surface area contributed by atoms with Crippen molar-refractivity contribution in [3.63, 3.8) is 0 Å². The SMILES string of the molecule is CCOC(=O)c1ccc(N2C(=O)[C@](O)(C(F)(F)F)C3=C2CC(C)(C)CC3=O)cc1. The fourth-order valence-corrected chi connectivity index (χ4v) is 3.78. The maximum Gasteiger partial charge on any atom is 0.430 e. The summed E-state index contributed by atoms with van der Waals surface area (Å²) in [5.41, 5.74) is -5.49. The van der Waals surface area contributed by atoms with Crippen molar-refractivity contribution < 1.29 is 37.4 Å². The number of ether oxygens (including phenoxy) is 1. The molecule has 0 saturated carbocycles. The van der Waals surface area contributed by atoms with Crippen LogP contribution in [0.1, 0.15) is 44.0 Å². The summed E-state index contributed by atoms with van der Waals surface area (Å²) in [4.78, 5) is 37.8. The van der Waals surface area contributed by atoms with Crippen LogP contribution in [0.2, 0.25) is 0 Å². The molecule has 0 radical (unpaired) electrons. The van der Waals surface area contributed by atoms with E-state index in [9.17, 15) is 32.7 Å². The quantitative estimate of drug-likeness (QED) is 0.773. The van der Waals surface area contributed by atoms with Crippen LogP contribution in [0.25, 0.3) is 0 Å². The number of halogens is 3. The molecule has 1 heterocycles. The second-order valence-electron chi connectivity index (χ2n) is 7.88. The molecule has 1 aromatic carbocycles. The fourth-order valence-electron chi connectivity index (χ4n) is 3.78. The Morgan fingerprint density at radius 1 is 1.17 bits per heavy atom. The third-order valence-electron chi connectivity index (χ3n) is 5.04. The zero-order valence-corrected chi connectivity index (χ0v) is 16.1. The summed E-state index contributed by atoms with van der Waals surface area (Å²) in [6.07, 6.45) is -5.58. The van der Waals surface area contributed by atoms with E-state index in [2.05, 4.69) is 0 Å². The standard InChI is InChI=1S/C20H20F3NO5/c1-4-29-16(26)11-5-7-12(8-6-11)24-13-9-18(2,3)10-14(25)15(13)19(28,17(24)27)20(21,22)23/h5-8,28H,4,9-10H2,1-3H3/t19-/m0/s1. The number of ketones is 1. The van der Waals surface area contributed by atoms with Crippen LogP contribution in [0.5, 0.6) is 0 Å². The minimum Gasteiger partial charge on any atom is -0.462 e. The van der Waals surface area contributed by atoms with Gasteiger partial charge in [-0.05, 0) is 43.0 Å². The highest BCUT2D eigenvalue weighted by atomic mass is 19.4. The molecule has 1 aliphatic carbocycles. The third kappa shape index (κ3) is 3.23. The molecule has 156 valence electrons. The van der Waals surface area contributed by atoms with E-state index in [0.717, 1.165) is 4.90 Å². The zero-order chi connectivity index (χ0) is 21.8. The van der Waals surface area contributed by atoms with Gasteiger partial charge < -0.3 is 9.84 Å². The van der Waals surface area contributed by atoms with Crippen LogP contribution in [-0.4, -0.2) is 41.2 Å². The molecule has 29 heavy (non-hydrogen) atoms. The highest BCUT2D eigenvalue weighted by Gasteiger charge is 2.70. The lowest BCUT2D eigenvalue weighted by molar-refractivity contribution is -0.235. The maximum absolute atomic E-state index is 13.7. The first kappa shape index (κ1) is 21.0. The van der Waals surface area contributed by atoms with Crippen LogP contribution in [0.4, 0.5) is 18.9 Å². The van der Waals surface area contributed by atoms with Crippen molar-refractivity contribution >= 4 is 23.3 Å². The predicted molar refractivity (Wildman–Crippen MR) is 95.9 cm³/mol. The number of rotatable bonds is 3. The summed E-state index contributed by atoms with van der Waals surface area (Å²) in [7, 11) is 0. The van der Waals surface area contributed by atoms with Gasteiger partial charge >= 0.3 is 12.1 Å². The highest BCUT2D eigenvalue weighted by Crippen LogP contribution is 2.52. The van der Waals surface area contributed by atoms with Crippen LogP contribution < -0.4 is 4.90 Å². The molecule has 1 N–H and O–H groups in total. The first-order valence-electron chi connectivity index (χ1n) is 9.01. The van der Waals surface area contributed by atoms with Crippen molar-refractivity contribution in [1.29, 1.82) is 0 Å². The van der Waals surface area contributed by atoms with Gasteiger partial charge in [-0.2, -0.15) is 13.2 Å². The number of benzene rings is 1. The van der Waals surface area contributed by atoms with Crippen LogP contribution >= 0.6 is 0 Å².